The van der Waals surface area contributed by atoms with Crippen molar-refractivity contribution in [2.24, 2.45) is 58.4 Å². The number of phenols is 2. The van der Waals surface area contributed by atoms with Gasteiger partial charge in [0.2, 0.25) is 34.8 Å². The standard InChI is InChI=1S/C27H32O6.C23H23N3O5.C23H24O6.C22H25NO4.C15H8O6.2CH4.2Na.2H2O/c1-15(2)12-31-21-9-7-8-19-23(21)26(29)24-20(25(19)28)10-18(27(30)33-14-17(5)6)11-22(24)32-13-16(3)4;1-12(2)10-30-17-7-5-6-15-19(17)22(28)20-16(21(15)27)8-14(23(29)25-26-24)9-18(20)31-11-13(3)4;1-12(2)10-28-17-7-5-6-15-19(17)22(25)20-16(21(15)24)8-14(23(26)27)9-18(20)29-11-13(3)4;1-12(2)10-26-17-7-5-6-15-19(17)22(25)20-16(21(15)24)8-14(23)9-18(20)27-11-13(3)4;16-9-3-1-2-7-11(9)14(19)12-8(13(7)18)4-6(15(20)21)5-10(12)17;;;;;;/h7-11,15-17H,12-14H2,1-6H3;5-9,12-13H,10-11H2,1-4H3;5-9,12-13H,10-11H2,1-4H3,(H,26,27);5-9,12-13H,10-11,23H2,1-4H3;1-5,16-17H,(H,20,21);2*1H4;;;2*1H2/q;;;;;;;2*+1;;/p-2. The van der Waals surface area contributed by atoms with Crippen LogP contribution in [-0.2, 0) is 4.74 Å². The SMILES string of the molecule is C.C.CC(C)COC(=O)c1cc(OCC(C)C)c2c(c1)C(=O)c1cccc(OCC(C)C)c1C2=O.CC(C)COc1cccc2c1C(=O)c1c(OCC(C)C)cc(C(=O)N=[N+]=[N-])cc1C2=O.CC(C)COc1cccc2c1C(=O)c1c(OCC(C)C)cc(C(=O)O)cc1C2=O.CC(C)COc1cccc2c1C(=O)c1c(OCC(C)C)cc(N)cc1C2=O.O=C(O)c1cc(O)c2c(c1)C(=O)c1cccc(O)c1C2=O.[Na+].[Na+].[OH-].[OH-]. The number of ether oxygens (including phenoxy) is 9. The Kier molecular flexibility index (Phi) is 45.3. The van der Waals surface area contributed by atoms with Crippen molar-refractivity contribution < 1.29 is 200 Å². The number of anilines is 1. The van der Waals surface area contributed by atoms with Crippen molar-refractivity contribution >= 4 is 87.3 Å². The number of hydrogen-bond acceptors (Lipinski definition) is 28. The minimum Gasteiger partial charge on any atom is -0.870 e. The summed E-state index contributed by atoms with van der Waals surface area (Å²) < 4.78 is 52.0. The molecule has 10 aromatic rings. The number of esters is 1. The second-order valence-corrected chi connectivity index (χ2v) is 38.0. The van der Waals surface area contributed by atoms with E-state index in [2.05, 4.69) is 10.0 Å². The van der Waals surface area contributed by atoms with E-state index in [0.29, 0.717) is 91.1 Å². The number of rotatable bonds is 30. The topological polar surface area (TPSA) is 538 Å². The fourth-order valence-electron chi connectivity index (χ4n) is 15.2. The largest absolute Gasteiger partial charge is 1.00 e. The average Bonchev–Trinajstić information content (AvgIpc) is 0.745. The average molecular weight is 2030 g/mol. The Balaban J connectivity index is 0.000000322. The maximum atomic E-state index is 13.7. The molecule has 35 heteroatoms. The molecule has 0 saturated carbocycles. The molecular weight excluding hydrogens is 1910 g/mol. The van der Waals surface area contributed by atoms with E-state index in [-0.39, 0.29) is 321 Å². The fraction of sp³-hybridized carbons (Fsp3) is 0.339. The number of aromatic hydroxyl groups is 2. The molecule has 0 aliphatic heterocycles. The molecule has 33 nitrogen and oxygen atoms in total. The number of azide groups is 1. The van der Waals surface area contributed by atoms with Crippen LogP contribution in [0, 0.1) is 53.3 Å². The molecular formula is C112H122N4Na2O29. The van der Waals surface area contributed by atoms with E-state index >= 15 is 0 Å². The molecule has 0 fully saturated rings. The first-order chi connectivity index (χ1) is 66.7. The van der Waals surface area contributed by atoms with Crippen LogP contribution in [0.15, 0.2) is 157 Å². The number of amides is 1. The van der Waals surface area contributed by atoms with Gasteiger partial charge in [-0.15, -0.1) is 0 Å². The summed E-state index contributed by atoms with van der Waals surface area (Å²) in [5.41, 5.74) is 17.1. The van der Waals surface area contributed by atoms with Crippen LogP contribution in [0.4, 0.5) is 5.69 Å². The zero-order chi connectivity index (χ0) is 103. The number of aromatic carboxylic acids is 2. The molecule has 0 spiro atoms. The van der Waals surface area contributed by atoms with Gasteiger partial charge in [0.25, 0.3) is 0 Å². The monoisotopic (exact) mass is 2030 g/mol. The second kappa shape index (κ2) is 53.9. The van der Waals surface area contributed by atoms with Gasteiger partial charge in [0, 0.05) is 77.9 Å². The molecule has 766 valence electrons. The Labute approximate surface area is 897 Å². The Morgan fingerprint density at radius 2 is 0.510 bits per heavy atom. The summed E-state index contributed by atoms with van der Waals surface area (Å²) in [5, 5.41) is 41.1. The summed E-state index contributed by atoms with van der Waals surface area (Å²) in [5.74, 6) is -4.87. The number of ketones is 10. The van der Waals surface area contributed by atoms with Crippen LogP contribution >= 0.6 is 0 Å². The molecule has 5 aliphatic rings. The molecule has 5 aliphatic carbocycles. The van der Waals surface area contributed by atoms with Crippen LogP contribution in [0.3, 0.4) is 0 Å². The maximum Gasteiger partial charge on any atom is 1.00 e. The Bertz CT molecular complexity index is 6780. The van der Waals surface area contributed by atoms with Crippen molar-refractivity contribution in [3.8, 4) is 57.5 Å². The molecule has 0 unspecified atom stereocenters. The van der Waals surface area contributed by atoms with E-state index in [0.717, 1.165) is 12.1 Å². The first-order valence-electron chi connectivity index (χ1n) is 46.2. The van der Waals surface area contributed by atoms with Crippen LogP contribution in [-0.4, -0.2) is 172 Å². The Morgan fingerprint density at radius 3 is 0.810 bits per heavy atom. The minimum absolute atomic E-state index is 0. The molecule has 1 amide bonds. The van der Waals surface area contributed by atoms with Crippen LogP contribution < -0.4 is 103 Å². The van der Waals surface area contributed by atoms with E-state index in [1.54, 1.807) is 84.9 Å². The van der Waals surface area contributed by atoms with Gasteiger partial charge in [-0.1, -0.05) is 200 Å². The Hall–Kier alpha value is -14.0. The third kappa shape index (κ3) is 28.5. The first kappa shape index (κ1) is 123. The third-order valence-electron chi connectivity index (χ3n) is 21.7. The van der Waals surface area contributed by atoms with Gasteiger partial charge in [0.05, 0.1) is 132 Å². The number of benzene rings is 10. The quantitative estimate of drug-likeness (QED) is 0.00697. The predicted molar refractivity (Wildman–Crippen MR) is 539 cm³/mol. The van der Waals surface area contributed by atoms with Crippen LogP contribution in [0.1, 0.15) is 340 Å². The van der Waals surface area contributed by atoms with E-state index in [4.69, 9.17) is 59.0 Å². The molecule has 0 atom stereocenters. The number of carboxylic acid groups (broad SMARTS) is 2. The number of nitrogens with two attached hydrogens (primary N) is 1. The third-order valence-corrected chi connectivity index (χ3v) is 21.7. The van der Waals surface area contributed by atoms with Crippen LogP contribution in [0.25, 0.3) is 10.4 Å². The van der Waals surface area contributed by atoms with E-state index < -0.39 is 64.3 Å². The van der Waals surface area contributed by atoms with E-state index in [1.807, 2.05) is 125 Å². The minimum atomic E-state index is -1.32. The summed E-state index contributed by atoms with van der Waals surface area (Å²) in [4.78, 5) is 181. The van der Waals surface area contributed by atoms with Gasteiger partial charge in [-0.05, 0) is 149 Å². The predicted octanol–water partition coefficient (Wildman–Crippen LogP) is 15.2. The summed E-state index contributed by atoms with van der Waals surface area (Å²) in [6.07, 6.45) is 0. The molecule has 0 aromatic heterocycles. The zero-order valence-electron chi connectivity index (χ0n) is 84.5. The molecule has 10 aromatic carbocycles. The smallest absolute Gasteiger partial charge is 0.870 e. The van der Waals surface area contributed by atoms with E-state index in [1.165, 1.54) is 54.6 Å². The molecule has 8 N–H and O–H groups in total. The molecule has 15 rings (SSSR count). The number of nitrogens with zero attached hydrogens (tertiary/aromatic N) is 3. The Morgan fingerprint density at radius 1 is 0.286 bits per heavy atom. The van der Waals surface area contributed by atoms with Crippen molar-refractivity contribution in [1.82, 2.24) is 0 Å². The second-order valence-electron chi connectivity index (χ2n) is 38.0. The summed E-state index contributed by atoms with van der Waals surface area (Å²) >= 11 is 0. The van der Waals surface area contributed by atoms with Crippen molar-refractivity contribution in [2.45, 2.75) is 139 Å². The van der Waals surface area contributed by atoms with Crippen LogP contribution in [0.2, 0.25) is 0 Å². The number of carbonyl (C=O) groups excluding carboxylic acids is 12. The maximum absolute atomic E-state index is 13.7. The van der Waals surface area contributed by atoms with Crippen LogP contribution in [0.5, 0.6) is 57.5 Å². The van der Waals surface area contributed by atoms with Gasteiger partial charge in [-0.3, -0.25) is 52.7 Å². The zero-order valence-corrected chi connectivity index (χ0v) is 88.5. The van der Waals surface area contributed by atoms with Crippen molar-refractivity contribution in [2.75, 3.05) is 65.2 Å². The molecule has 0 bridgehead atoms. The normalized spacial score (nSPS) is 12.2. The van der Waals surface area contributed by atoms with Gasteiger partial charge in [-0.2, -0.15) is 0 Å². The number of nitrogen functional groups attached to an aromatic ring is 1. The van der Waals surface area contributed by atoms with Crippen molar-refractivity contribution in [1.29, 1.82) is 0 Å². The number of carboxylic acids is 2. The van der Waals surface area contributed by atoms with Crippen molar-refractivity contribution in [3.05, 3.63) is 296 Å². The van der Waals surface area contributed by atoms with Gasteiger partial charge < -0.3 is 79.7 Å². The number of fused-ring (bicyclic) bond motifs is 10. The summed E-state index contributed by atoms with van der Waals surface area (Å²) in [6, 6.07) is 37.1. The molecule has 0 heterocycles. The van der Waals surface area contributed by atoms with Gasteiger partial charge in [0.15, 0.2) is 28.9 Å². The first-order valence-corrected chi connectivity index (χ1v) is 46.2. The number of hydrogen-bond donors (Lipinski definition) is 5. The van der Waals surface area contributed by atoms with Gasteiger partial charge >= 0.3 is 77.0 Å². The summed E-state index contributed by atoms with van der Waals surface area (Å²) in [7, 11) is 0. The molecule has 147 heavy (non-hydrogen) atoms. The molecule has 0 radical (unpaired) electrons. The summed E-state index contributed by atoms with van der Waals surface area (Å²) in [6.45, 7) is 38.9. The van der Waals surface area contributed by atoms with Gasteiger partial charge in [0.1, 0.15) is 57.5 Å². The van der Waals surface area contributed by atoms with Gasteiger partial charge in [-0.25, -0.2) is 14.4 Å². The number of carbonyl (C=O) groups is 14. The molecule has 0 saturated heterocycles. The van der Waals surface area contributed by atoms with Crippen molar-refractivity contribution in [3.63, 3.8) is 0 Å². The fourth-order valence-corrected chi connectivity index (χ4v) is 15.2. The number of phenolic OH excluding ortho intramolecular Hbond substituents is 2. The van der Waals surface area contributed by atoms with E-state index in [9.17, 15) is 82.4 Å².